The fraction of sp³-hybridized carbons (Fsp3) is 0.400. The Bertz CT molecular complexity index is 754. The van der Waals surface area contributed by atoms with E-state index in [0.717, 1.165) is 10.9 Å². The third-order valence-electron chi connectivity index (χ3n) is 4.63. The second-order valence-electron chi connectivity index (χ2n) is 6.25. The zero-order chi connectivity index (χ0) is 15.3. The van der Waals surface area contributed by atoms with E-state index in [9.17, 15) is 9.59 Å². The number of fused-ring (bicyclic) bond motifs is 1. The van der Waals surface area contributed by atoms with Crippen molar-refractivity contribution in [1.82, 2.24) is 20.0 Å². The van der Waals surface area contributed by atoms with Gasteiger partial charge in [0.25, 0.3) is 5.91 Å². The van der Waals surface area contributed by atoms with Crippen LogP contribution in [0.3, 0.4) is 0 Å². The number of nitrogens with one attached hydrogen (secondary N) is 1. The van der Waals surface area contributed by atoms with Crippen molar-refractivity contribution < 1.29 is 9.59 Å². The molecule has 2 aliphatic rings. The predicted octanol–water partition coefficient (Wildman–Crippen LogP) is -0.194. The first-order valence-corrected chi connectivity index (χ1v) is 7.31. The lowest BCUT2D eigenvalue weighted by Crippen LogP contribution is -2.74. The smallest absolute Gasteiger partial charge is 0.254 e. The SMILES string of the molecule is NCC(=O)N1CC2(C1)CN(C(=O)c1cccc3[nH]ncc13)C2. The summed E-state index contributed by atoms with van der Waals surface area (Å²) in [4.78, 5) is 27.7. The highest BCUT2D eigenvalue weighted by Crippen LogP contribution is 2.40. The first-order valence-electron chi connectivity index (χ1n) is 7.31. The van der Waals surface area contributed by atoms with Crippen molar-refractivity contribution in [1.29, 1.82) is 0 Å². The fourth-order valence-electron chi connectivity index (χ4n) is 3.50. The van der Waals surface area contributed by atoms with Crippen LogP contribution >= 0.6 is 0 Å². The number of amides is 2. The summed E-state index contributed by atoms with van der Waals surface area (Å²) in [6, 6.07) is 5.59. The number of rotatable bonds is 2. The molecule has 3 heterocycles. The molecule has 4 rings (SSSR count). The molecule has 1 spiro atoms. The fourth-order valence-corrected chi connectivity index (χ4v) is 3.50. The molecule has 7 nitrogen and oxygen atoms in total. The summed E-state index contributed by atoms with van der Waals surface area (Å²) in [5.41, 5.74) is 6.99. The minimum absolute atomic E-state index is 0.0152. The molecule has 2 fully saturated rings. The van der Waals surface area contributed by atoms with Crippen LogP contribution in [0.25, 0.3) is 10.9 Å². The van der Waals surface area contributed by atoms with E-state index in [0.29, 0.717) is 31.7 Å². The Morgan fingerprint density at radius 2 is 1.95 bits per heavy atom. The van der Waals surface area contributed by atoms with E-state index in [1.54, 1.807) is 11.1 Å². The van der Waals surface area contributed by atoms with Gasteiger partial charge in [-0.2, -0.15) is 5.10 Å². The molecule has 0 aliphatic carbocycles. The predicted molar refractivity (Wildman–Crippen MR) is 80.1 cm³/mol. The molecule has 0 radical (unpaired) electrons. The van der Waals surface area contributed by atoms with Gasteiger partial charge in [-0.3, -0.25) is 14.7 Å². The van der Waals surface area contributed by atoms with E-state index in [1.807, 2.05) is 23.1 Å². The molecule has 0 atom stereocenters. The van der Waals surface area contributed by atoms with E-state index >= 15 is 0 Å². The van der Waals surface area contributed by atoms with Gasteiger partial charge >= 0.3 is 0 Å². The van der Waals surface area contributed by atoms with Crippen molar-refractivity contribution in [3.63, 3.8) is 0 Å². The minimum atomic E-state index is -0.0152. The number of nitrogens with zero attached hydrogens (tertiary/aromatic N) is 3. The lowest BCUT2D eigenvalue weighted by Gasteiger charge is -2.60. The summed E-state index contributed by atoms with van der Waals surface area (Å²) in [5.74, 6) is 0.0137. The second-order valence-corrected chi connectivity index (χ2v) is 6.25. The highest BCUT2D eigenvalue weighted by molar-refractivity contribution is 6.06. The largest absolute Gasteiger partial charge is 0.340 e. The molecule has 114 valence electrons. The molecular weight excluding hydrogens is 282 g/mol. The summed E-state index contributed by atoms with van der Waals surface area (Å²) in [7, 11) is 0. The molecule has 7 heteroatoms. The molecule has 1 aromatic carbocycles. The normalized spacial score (nSPS) is 19.1. The van der Waals surface area contributed by atoms with Gasteiger partial charge in [0.2, 0.25) is 5.91 Å². The van der Waals surface area contributed by atoms with Crippen LogP contribution in [-0.4, -0.2) is 64.5 Å². The standard InChI is InChI=1S/C15H17N5O2/c16-4-13(21)19-6-15(7-19)8-20(9-15)14(22)10-2-1-3-12-11(10)5-17-18-12/h1-3,5H,4,6-9,16H2,(H,17,18). The van der Waals surface area contributed by atoms with E-state index in [-0.39, 0.29) is 23.8 Å². The van der Waals surface area contributed by atoms with Crippen LogP contribution in [0.4, 0.5) is 0 Å². The summed E-state index contributed by atoms with van der Waals surface area (Å²) in [5, 5.41) is 7.72. The lowest BCUT2D eigenvalue weighted by molar-refractivity contribution is -0.153. The van der Waals surface area contributed by atoms with Gasteiger partial charge in [0.05, 0.1) is 23.8 Å². The Morgan fingerprint density at radius 3 is 2.68 bits per heavy atom. The minimum Gasteiger partial charge on any atom is -0.340 e. The summed E-state index contributed by atoms with van der Waals surface area (Å²) in [6.45, 7) is 2.88. The van der Waals surface area contributed by atoms with Gasteiger partial charge in [0, 0.05) is 37.0 Å². The van der Waals surface area contributed by atoms with Crippen LogP contribution in [0.1, 0.15) is 10.4 Å². The summed E-state index contributed by atoms with van der Waals surface area (Å²) < 4.78 is 0. The van der Waals surface area contributed by atoms with Crippen molar-refractivity contribution in [3.8, 4) is 0 Å². The van der Waals surface area contributed by atoms with Gasteiger partial charge in [-0.15, -0.1) is 0 Å². The Kier molecular flexibility index (Phi) is 2.74. The molecule has 0 bridgehead atoms. The number of hydrogen-bond acceptors (Lipinski definition) is 4. The van der Waals surface area contributed by atoms with Crippen molar-refractivity contribution in [2.75, 3.05) is 32.7 Å². The summed E-state index contributed by atoms with van der Waals surface area (Å²) >= 11 is 0. The number of aromatic amines is 1. The average Bonchev–Trinajstić information content (AvgIpc) is 2.91. The van der Waals surface area contributed by atoms with Crippen molar-refractivity contribution in [2.24, 2.45) is 11.1 Å². The Labute approximate surface area is 127 Å². The monoisotopic (exact) mass is 299 g/mol. The van der Waals surface area contributed by atoms with Crippen LogP contribution in [0.2, 0.25) is 0 Å². The molecule has 2 aliphatic heterocycles. The van der Waals surface area contributed by atoms with Crippen LogP contribution < -0.4 is 5.73 Å². The summed E-state index contributed by atoms with van der Waals surface area (Å²) in [6.07, 6.45) is 1.68. The number of likely N-dealkylation sites (tertiary alicyclic amines) is 2. The maximum Gasteiger partial charge on any atom is 0.254 e. The van der Waals surface area contributed by atoms with Crippen LogP contribution in [0.5, 0.6) is 0 Å². The highest BCUT2D eigenvalue weighted by Gasteiger charge is 2.54. The highest BCUT2D eigenvalue weighted by atomic mass is 16.2. The van der Waals surface area contributed by atoms with E-state index in [4.69, 9.17) is 5.73 Å². The van der Waals surface area contributed by atoms with Gasteiger partial charge < -0.3 is 15.5 Å². The molecule has 0 saturated carbocycles. The zero-order valence-electron chi connectivity index (χ0n) is 12.1. The van der Waals surface area contributed by atoms with Gasteiger partial charge in [0.15, 0.2) is 0 Å². The number of H-pyrrole nitrogens is 1. The van der Waals surface area contributed by atoms with E-state index < -0.39 is 0 Å². The topological polar surface area (TPSA) is 95.3 Å². The van der Waals surface area contributed by atoms with E-state index in [2.05, 4.69) is 10.2 Å². The average molecular weight is 299 g/mol. The number of hydrogen-bond donors (Lipinski definition) is 2. The Balaban J connectivity index is 1.45. The van der Waals surface area contributed by atoms with Crippen molar-refractivity contribution >= 4 is 22.7 Å². The molecular formula is C15H17N5O2. The molecule has 3 N–H and O–H groups in total. The number of aromatic nitrogens is 2. The molecule has 2 aromatic rings. The van der Waals surface area contributed by atoms with Gasteiger partial charge in [0.1, 0.15) is 0 Å². The molecule has 0 unspecified atom stereocenters. The Hall–Kier alpha value is -2.41. The number of carbonyl (C=O) groups is 2. The molecule has 2 saturated heterocycles. The van der Waals surface area contributed by atoms with Gasteiger partial charge in [-0.05, 0) is 12.1 Å². The van der Waals surface area contributed by atoms with Crippen molar-refractivity contribution in [3.05, 3.63) is 30.0 Å². The molecule has 2 amide bonds. The van der Waals surface area contributed by atoms with Gasteiger partial charge in [-0.25, -0.2) is 0 Å². The van der Waals surface area contributed by atoms with Gasteiger partial charge in [-0.1, -0.05) is 6.07 Å². The third kappa shape index (κ3) is 1.82. The number of benzene rings is 1. The quantitative estimate of drug-likeness (QED) is 0.803. The first kappa shape index (κ1) is 13.3. The van der Waals surface area contributed by atoms with Crippen LogP contribution in [0, 0.1) is 5.41 Å². The maximum atomic E-state index is 12.6. The lowest BCUT2D eigenvalue weighted by atomic mass is 9.72. The maximum absolute atomic E-state index is 12.6. The molecule has 1 aromatic heterocycles. The number of carbonyl (C=O) groups excluding carboxylic acids is 2. The van der Waals surface area contributed by atoms with Crippen LogP contribution in [0.15, 0.2) is 24.4 Å². The van der Waals surface area contributed by atoms with Crippen LogP contribution in [-0.2, 0) is 4.79 Å². The number of nitrogens with two attached hydrogens (primary N) is 1. The second kappa shape index (κ2) is 4.54. The molecule has 22 heavy (non-hydrogen) atoms. The third-order valence-corrected chi connectivity index (χ3v) is 4.63. The zero-order valence-corrected chi connectivity index (χ0v) is 12.1. The van der Waals surface area contributed by atoms with Crippen molar-refractivity contribution in [2.45, 2.75) is 0 Å². The first-order chi connectivity index (χ1) is 10.6. The Morgan fingerprint density at radius 1 is 1.23 bits per heavy atom. The van der Waals surface area contributed by atoms with E-state index in [1.165, 1.54) is 0 Å².